The smallest absolute Gasteiger partial charge is 0.0230 e. The predicted molar refractivity (Wildman–Crippen MR) is 93.7 cm³/mol. The van der Waals surface area contributed by atoms with Crippen LogP contribution in [0.3, 0.4) is 0 Å². The van der Waals surface area contributed by atoms with E-state index < -0.39 is 0 Å². The van der Waals surface area contributed by atoms with Crippen LogP contribution in [0.1, 0.15) is 19.3 Å². The van der Waals surface area contributed by atoms with E-state index in [9.17, 15) is 0 Å². The van der Waals surface area contributed by atoms with Gasteiger partial charge in [0.1, 0.15) is 0 Å². The maximum atomic E-state index is 5.64. The molecule has 0 aromatic rings. The van der Waals surface area contributed by atoms with Crippen LogP contribution in [0.25, 0.3) is 0 Å². The third-order valence-corrected chi connectivity index (χ3v) is 3.92. The van der Waals surface area contributed by atoms with Crippen molar-refractivity contribution >= 4 is 0 Å². The Balaban J connectivity index is 2.23. The van der Waals surface area contributed by atoms with E-state index in [4.69, 9.17) is 11.5 Å². The molecule has 0 bridgehead atoms. The maximum Gasteiger partial charge on any atom is 0.0230 e. The summed E-state index contributed by atoms with van der Waals surface area (Å²) in [5.41, 5.74) is 14.9. The number of rotatable bonds is 8. The molecule has 1 aliphatic heterocycles. The lowest BCUT2D eigenvalue weighted by Gasteiger charge is -2.27. The van der Waals surface area contributed by atoms with Gasteiger partial charge in [0.25, 0.3) is 0 Å². The molecule has 0 saturated carbocycles. The van der Waals surface area contributed by atoms with Crippen molar-refractivity contribution in [2.45, 2.75) is 19.3 Å². The molecule has 0 atom stereocenters. The minimum atomic E-state index is 0.695. The van der Waals surface area contributed by atoms with Crippen molar-refractivity contribution in [3.63, 3.8) is 0 Å². The monoisotopic (exact) mass is 315 g/mol. The van der Waals surface area contributed by atoms with Crippen LogP contribution in [0.4, 0.5) is 0 Å². The van der Waals surface area contributed by atoms with Crippen LogP contribution in [0.15, 0.2) is 0 Å². The van der Waals surface area contributed by atoms with Crippen molar-refractivity contribution in [1.29, 1.82) is 0 Å². The summed E-state index contributed by atoms with van der Waals surface area (Å²) in [5, 5.41) is 9.37. The third kappa shape index (κ3) is 10.4. The van der Waals surface area contributed by atoms with E-state index in [2.05, 4.69) is 26.0 Å². The Morgan fingerprint density at radius 1 is 0.818 bits per heavy atom. The predicted octanol–water partition coefficient (Wildman–Crippen LogP) is -1.62. The molecule has 0 radical (unpaired) electrons. The van der Waals surface area contributed by atoms with Gasteiger partial charge in [-0.2, -0.15) is 0 Å². The molecular weight excluding hydrogens is 278 g/mol. The highest BCUT2D eigenvalue weighted by Crippen LogP contribution is 1.93. The van der Waals surface area contributed by atoms with Crippen LogP contribution in [0, 0.1) is 0 Å². The fourth-order valence-corrected chi connectivity index (χ4v) is 2.71. The van der Waals surface area contributed by atoms with Crippen LogP contribution < -0.4 is 27.5 Å². The first-order chi connectivity index (χ1) is 10.9. The Labute approximate surface area is 136 Å². The van der Waals surface area contributed by atoms with E-state index in [1.807, 2.05) is 0 Å². The zero-order valence-electron chi connectivity index (χ0n) is 14.2. The fourth-order valence-electron chi connectivity index (χ4n) is 2.71. The summed E-state index contributed by atoms with van der Waals surface area (Å²) in [6, 6.07) is 0. The number of hydrogen-bond acceptors (Lipinski definition) is 7. The maximum absolute atomic E-state index is 5.64. The number of hydrazine groups is 1. The summed E-state index contributed by atoms with van der Waals surface area (Å²) in [6.07, 6.45) is 3.60. The minimum absolute atomic E-state index is 0.695. The average molecular weight is 316 g/mol. The molecule has 0 spiro atoms. The molecule has 0 aromatic carbocycles. The first-order valence-electron chi connectivity index (χ1n) is 8.89. The van der Waals surface area contributed by atoms with Gasteiger partial charge in [-0.15, -0.1) is 0 Å². The summed E-state index contributed by atoms with van der Waals surface area (Å²) < 4.78 is 0. The van der Waals surface area contributed by atoms with Gasteiger partial charge in [-0.3, -0.25) is 10.3 Å². The largest absolute Gasteiger partial charge is 0.329 e. The van der Waals surface area contributed by atoms with E-state index in [1.54, 1.807) is 0 Å². The Bertz CT molecular complexity index is 222. The summed E-state index contributed by atoms with van der Waals surface area (Å²) >= 11 is 0. The van der Waals surface area contributed by atoms with Gasteiger partial charge in [0.05, 0.1) is 0 Å². The van der Waals surface area contributed by atoms with Gasteiger partial charge in [-0.25, -0.2) is 5.01 Å². The molecule has 7 N–H and O–H groups in total. The number of hydrogen-bond donors (Lipinski definition) is 5. The zero-order valence-corrected chi connectivity index (χ0v) is 14.2. The summed E-state index contributed by atoms with van der Waals surface area (Å²) in [5.74, 6) is 0. The van der Waals surface area contributed by atoms with E-state index >= 15 is 0 Å². The second kappa shape index (κ2) is 14.3. The van der Waals surface area contributed by atoms with Crippen molar-refractivity contribution < 1.29 is 0 Å². The first-order valence-corrected chi connectivity index (χ1v) is 8.89. The average Bonchev–Trinajstić information content (AvgIpc) is 2.50. The molecule has 1 aliphatic rings. The van der Waals surface area contributed by atoms with Crippen LogP contribution in [0.5, 0.6) is 0 Å². The highest BCUT2D eigenvalue weighted by Gasteiger charge is 2.07. The molecule has 132 valence electrons. The van der Waals surface area contributed by atoms with Gasteiger partial charge < -0.3 is 22.1 Å². The third-order valence-electron chi connectivity index (χ3n) is 3.92. The number of nitrogens with two attached hydrogens (primary N) is 2. The van der Waals surface area contributed by atoms with Gasteiger partial charge in [-0.1, -0.05) is 0 Å². The fraction of sp³-hybridized carbons (Fsp3) is 1.00. The molecule has 1 rings (SSSR count). The summed E-state index contributed by atoms with van der Waals surface area (Å²) in [7, 11) is 0. The lowest BCUT2D eigenvalue weighted by atomic mass is 10.3. The van der Waals surface area contributed by atoms with Crippen molar-refractivity contribution in [1.82, 2.24) is 26.0 Å². The van der Waals surface area contributed by atoms with Crippen LogP contribution >= 0.6 is 0 Å². The Kier molecular flexibility index (Phi) is 12.9. The summed E-state index contributed by atoms with van der Waals surface area (Å²) in [6.45, 7) is 11.8. The molecule has 1 fully saturated rings. The quantitative estimate of drug-likeness (QED) is 0.367. The van der Waals surface area contributed by atoms with Crippen LogP contribution in [0.2, 0.25) is 0 Å². The SMILES string of the molecule is NCCN(CCN)CCNN1CCCNCCCNCCC1. The molecule has 7 nitrogen and oxygen atoms in total. The van der Waals surface area contributed by atoms with Gasteiger partial charge in [-0.05, 0) is 45.4 Å². The molecular formula is C15H37N7. The molecule has 1 saturated heterocycles. The molecule has 0 aliphatic carbocycles. The van der Waals surface area contributed by atoms with Gasteiger partial charge >= 0.3 is 0 Å². The Hall–Kier alpha value is -0.280. The van der Waals surface area contributed by atoms with Crippen LogP contribution in [-0.4, -0.2) is 88.4 Å². The molecule has 7 heteroatoms. The standard InChI is InChI=1S/C15H37N7/c16-4-13-21(14-5-17)15-10-20-22-11-2-8-18-6-1-7-19-9-3-12-22/h18-20H,1-17H2. The minimum Gasteiger partial charge on any atom is -0.329 e. The second-order valence-electron chi connectivity index (χ2n) is 5.87. The van der Waals surface area contributed by atoms with Gasteiger partial charge in [0.2, 0.25) is 0 Å². The van der Waals surface area contributed by atoms with Crippen molar-refractivity contribution in [2.75, 3.05) is 78.5 Å². The number of nitrogens with zero attached hydrogens (tertiary/aromatic N) is 2. The molecule has 1 heterocycles. The number of nitrogens with one attached hydrogen (secondary N) is 3. The Morgan fingerprint density at radius 2 is 1.36 bits per heavy atom. The van der Waals surface area contributed by atoms with E-state index in [0.717, 1.165) is 65.4 Å². The van der Waals surface area contributed by atoms with Crippen LogP contribution in [-0.2, 0) is 0 Å². The highest BCUT2D eigenvalue weighted by atomic mass is 15.5. The van der Waals surface area contributed by atoms with Crippen molar-refractivity contribution in [2.24, 2.45) is 11.5 Å². The van der Waals surface area contributed by atoms with Gasteiger partial charge in [0.15, 0.2) is 0 Å². The lowest BCUT2D eigenvalue weighted by molar-refractivity contribution is 0.165. The molecule has 0 amide bonds. The first kappa shape index (κ1) is 19.8. The van der Waals surface area contributed by atoms with E-state index in [0.29, 0.717) is 13.1 Å². The topological polar surface area (TPSA) is 94.6 Å². The molecule has 22 heavy (non-hydrogen) atoms. The van der Waals surface area contributed by atoms with Crippen molar-refractivity contribution in [3.05, 3.63) is 0 Å². The lowest BCUT2D eigenvalue weighted by Crippen LogP contribution is -2.46. The highest BCUT2D eigenvalue weighted by molar-refractivity contribution is 4.63. The molecule has 0 aromatic heterocycles. The van der Waals surface area contributed by atoms with Crippen molar-refractivity contribution in [3.8, 4) is 0 Å². The van der Waals surface area contributed by atoms with Gasteiger partial charge in [0, 0.05) is 52.4 Å². The normalized spacial score (nSPS) is 19.8. The van der Waals surface area contributed by atoms with E-state index in [1.165, 1.54) is 19.3 Å². The zero-order chi connectivity index (χ0) is 15.9. The summed E-state index contributed by atoms with van der Waals surface area (Å²) in [4.78, 5) is 2.33. The second-order valence-corrected chi connectivity index (χ2v) is 5.87. The Morgan fingerprint density at radius 3 is 1.91 bits per heavy atom. The molecule has 0 unspecified atom stereocenters. The van der Waals surface area contributed by atoms with E-state index in [-0.39, 0.29) is 0 Å².